The fourth-order valence-corrected chi connectivity index (χ4v) is 0.368. The Balaban J connectivity index is 3.50. The van der Waals surface area contributed by atoms with E-state index >= 15 is 0 Å². The average molecular weight is 125 g/mol. The van der Waals surface area contributed by atoms with Crippen molar-refractivity contribution in [3.8, 4) is 12.3 Å². The number of carbonyl (C=O) groups excluding carboxylic acids is 1. The fraction of sp³-hybridized carbons (Fsp3) is 0.571. The number of carbonyl (C=O) groups is 1. The predicted molar refractivity (Wildman–Crippen MR) is 36.7 cm³/mol. The van der Waals surface area contributed by atoms with Crippen LogP contribution in [-0.2, 0) is 4.79 Å². The quantitative estimate of drug-likeness (QED) is 0.536. The monoisotopic (exact) mass is 125 g/mol. The summed E-state index contributed by atoms with van der Waals surface area (Å²) in [4.78, 5) is 10.4. The molecule has 9 heavy (non-hydrogen) atoms. The molecule has 2 heteroatoms. The second-order valence-electron chi connectivity index (χ2n) is 1.93. The molecule has 0 aromatic heterocycles. The molecule has 0 aromatic rings. The SMILES string of the molecule is C#CC(=O)NC(C)CC. The molecule has 0 aliphatic heterocycles. The van der Waals surface area contributed by atoms with Crippen LogP contribution in [-0.4, -0.2) is 11.9 Å². The average Bonchev–Trinajstić information content (AvgIpc) is 1.87. The number of hydrogen-bond acceptors (Lipinski definition) is 1. The van der Waals surface area contributed by atoms with Crippen LogP contribution >= 0.6 is 0 Å². The fourth-order valence-electron chi connectivity index (χ4n) is 0.368. The maximum Gasteiger partial charge on any atom is 0.295 e. The molecule has 50 valence electrons. The Bertz CT molecular complexity index is 134. The van der Waals surface area contributed by atoms with Crippen molar-refractivity contribution in [3.63, 3.8) is 0 Å². The largest absolute Gasteiger partial charge is 0.343 e. The second kappa shape index (κ2) is 3.96. The van der Waals surface area contributed by atoms with Gasteiger partial charge in [-0.25, -0.2) is 0 Å². The number of amides is 1. The van der Waals surface area contributed by atoms with Crippen molar-refractivity contribution in [2.45, 2.75) is 26.3 Å². The van der Waals surface area contributed by atoms with Crippen LogP contribution in [0.1, 0.15) is 20.3 Å². The summed E-state index contributed by atoms with van der Waals surface area (Å²) in [6, 6.07) is 0.188. The van der Waals surface area contributed by atoms with Crippen molar-refractivity contribution < 1.29 is 4.79 Å². The highest BCUT2D eigenvalue weighted by Crippen LogP contribution is 1.85. The zero-order valence-electron chi connectivity index (χ0n) is 5.77. The minimum atomic E-state index is -0.329. The first-order valence-electron chi connectivity index (χ1n) is 2.97. The van der Waals surface area contributed by atoms with Gasteiger partial charge in [-0.2, -0.15) is 0 Å². The minimum Gasteiger partial charge on any atom is -0.343 e. The summed E-state index contributed by atoms with van der Waals surface area (Å²) in [5.74, 6) is 1.65. The van der Waals surface area contributed by atoms with Crippen LogP contribution in [0, 0.1) is 12.3 Å². The van der Waals surface area contributed by atoms with Gasteiger partial charge in [0, 0.05) is 6.04 Å². The lowest BCUT2D eigenvalue weighted by atomic mass is 10.2. The third-order valence-corrected chi connectivity index (χ3v) is 1.12. The van der Waals surface area contributed by atoms with E-state index in [4.69, 9.17) is 6.42 Å². The summed E-state index contributed by atoms with van der Waals surface area (Å²) < 4.78 is 0. The molecular weight excluding hydrogens is 114 g/mol. The lowest BCUT2D eigenvalue weighted by molar-refractivity contribution is -0.116. The third-order valence-electron chi connectivity index (χ3n) is 1.12. The maximum absolute atomic E-state index is 10.4. The Kier molecular flexibility index (Phi) is 3.54. The van der Waals surface area contributed by atoms with Crippen LogP contribution in [0.3, 0.4) is 0 Å². The molecule has 0 spiro atoms. The first kappa shape index (κ1) is 8.03. The van der Waals surface area contributed by atoms with E-state index in [-0.39, 0.29) is 11.9 Å². The lowest BCUT2D eigenvalue weighted by Gasteiger charge is -2.06. The van der Waals surface area contributed by atoms with Crippen LogP contribution in [0.5, 0.6) is 0 Å². The zero-order chi connectivity index (χ0) is 7.28. The molecule has 0 rings (SSSR count). The van der Waals surface area contributed by atoms with E-state index in [1.807, 2.05) is 19.8 Å². The smallest absolute Gasteiger partial charge is 0.295 e. The number of nitrogens with one attached hydrogen (secondary N) is 1. The van der Waals surface area contributed by atoms with Crippen molar-refractivity contribution in [1.82, 2.24) is 5.32 Å². The van der Waals surface area contributed by atoms with E-state index in [2.05, 4.69) is 5.32 Å². The van der Waals surface area contributed by atoms with Crippen molar-refractivity contribution in [1.29, 1.82) is 0 Å². The van der Waals surface area contributed by atoms with Gasteiger partial charge in [-0.3, -0.25) is 4.79 Å². The molecule has 1 unspecified atom stereocenters. The van der Waals surface area contributed by atoms with Gasteiger partial charge in [0.15, 0.2) is 0 Å². The summed E-state index contributed by atoms with van der Waals surface area (Å²) in [5, 5.41) is 2.60. The second-order valence-corrected chi connectivity index (χ2v) is 1.93. The standard InChI is InChI=1S/C7H11NO/c1-4-6(3)8-7(9)5-2/h2,6H,4H2,1,3H3,(H,8,9). The van der Waals surface area contributed by atoms with Crippen LogP contribution in [0.25, 0.3) is 0 Å². The van der Waals surface area contributed by atoms with E-state index in [0.717, 1.165) is 6.42 Å². The number of hydrogen-bond donors (Lipinski definition) is 1. The zero-order valence-corrected chi connectivity index (χ0v) is 5.77. The van der Waals surface area contributed by atoms with Gasteiger partial charge < -0.3 is 5.32 Å². The number of terminal acetylenes is 1. The molecule has 0 heterocycles. The molecule has 1 atom stereocenters. The van der Waals surface area contributed by atoms with Crippen molar-refractivity contribution >= 4 is 5.91 Å². The summed E-state index contributed by atoms with van der Waals surface area (Å²) in [7, 11) is 0. The van der Waals surface area contributed by atoms with Crippen LogP contribution in [0.15, 0.2) is 0 Å². The van der Waals surface area contributed by atoms with Crippen molar-refractivity contribution in [3.05, 3.63) is 0 Å². The molecule has 2 nitrogen and oxygen atoms in total. The number of rotatable bonds is 2. The normalized spacial score (nSPS) is 11.7. The summed E-state index contributed by atoms with van der Waals surface area (Å²) in [5.41, 5.74) is 0. The predicted octanol–water partition coefficient (Wildman–Crippen LogP) is 0.534. The molecule has 0 aliphatic carbocycles. The van der Waals surface area contributed by atoms with Crippen LogP contribution < -0.4 is 5.32 Å². The van der Waals surface area contributed by atoms with Crippen LogP contribution in [0.4, 0.5) is 0 Å². The summed E-state index contributed by atoms with van der Waals surface area (Å²) >= 11 is 0. The molecule has 0 saturated carbocycles. The van der Waals surface area contributed by atoms with Gasteiger partial charge >= 0.3 is 0 Å². The summed E-state index contributed by atoms with van der Waals surface area (Å²) in [6.07, 6.45) is 5.72. The Labute approximate surface area is 55.6 Å². The van der Waals surface area contributed by atoms with Crippen molar-refractivity contribution in [2.24, 2.45) is 0 Å². The van der Waals surface area contributed by atoms with Gasteiger partial charge in [-0.05, 0) is 19.3 Å². The molecule has 0 bridgehead atoms. The summed E-state index contributed by atoms with van der Waals surface area (Å²) in [6.45, 7) is 3.90. The third kappa shape index (κ3) is 3.60. The first-order chi connectivity index (χ1) is 4.20. The molecule has 1 amide bonds. The molecular formula is C7H11NO. The van der Waals surface area contributed by atoms with Gasteiger partial charge in [-0.15, -0.1) is 6.42 Å². The topological polar surface area (TPSA) is 29.1 Å². The minimum absolute atomic E-state index is 0.188. The van der Waals surface area contributed by atoms with E-state index in [1.165, 1.54) is 0 Å². The van der Waals surface area contributed by atoms with Gasteiger partial charge in [0.2, 0.25) is 0 Å². The molecule has 0 radical (unpaired) electrons. The van der Waals surface area contributed by atoms with E-state index in [1.54, 1.807) is 0 Å². The maximum atomic E-state index is 10.4. The highest BCUT2D eigenvalue weighted by molar-refractivity contribution is 5.92. The van der Waals surface area contributed by atoms with Gasteiger partial charge in [0.25, 0.3) is 5.91 Å². The Morgan fingerprint density at radius 3 is 2.78 bits per heavy atom. The lowest BCUT2D eigenvalue weighted by Crippen LogP contribution is -2.30. The van der Waals surface area contributed by atoms with Gasteiger partial charge in [0.1, 0.15) is 0 Å². The molecule has 0 saturated heterocycles. The van der Waals surface area contributed by atoms with Crippen molar-refractivity contribution in [2.75, 3.05) is 0 Å². The highest BCUT2D eigenvalue weighted by Gasteiger charge is 1.99. The Morgan fingerprint density at radius 2 is 2.44 bits per heavy atom. The van der Waals surface area contributed by atoms with E-state index < -0.39 is 0 Å². The Hall–Kier alpha value is -0.970. The Morgan fingerprint density at radius 1 is 1.89 bits per heavy atom. The molecule has 0 aliphatic rings. The molecule has 0 aromatic carbocycles. The first-order valence-corrected chi connectivity index (χ1v) is 2.97. The van der Waals surface area contributed by atoms with Crippen LogP contribution in [0.2, 0.25) is 0 Å². The van der Waals surface area contributed by atoms with E-state index in [0.29, 0.717) is 0 Å². The molecule has 1 N–H and O–H groups in total. The van der Waals surface area contributed by atoms with E-state index in [9.17, 15) is 4.79 Å². The van der Waals surface area contributed by atoms with Gasteiger partial charge in [0.05, 0.1) is 0 Å². The highest BCUT2D eigenvalue weighted by atomic mass is 16.1. The van der Waals surface area contributed by atoms with Gasteiger partial charge in [-0.1, -0.05) is 6.92 Å². The molecule has 0 fully saturated rings.